The molecule has 0 radical (unpaired) electrons. The van der Waals surface area contributed by atoms with Crippen molar-refractivity contribution >= 4 is 40.0 Å². The van der Waals surface area contributed by atoms with Crippen molar-refractivity contribution < 1.29 is 8.42 Å². The second-order valence-electron chi connectivity index (χ2n) is 5.88. The van der Waals surface area contributed by atoms with Crippen LogP contribution in [0.1, 0.15) is 31.7 Å². The number of guanidine groups is 1. The van der Waals surface area contributed by atoms with Gasteiger partial charge in [-0.25, -0.2) is 13.1 Å². The van der Waals surface area contributed by atoms with Crippen molar-refractivity contribution in [1.82, 2.24) is 14.9 Å². The van der Waals surface area contributed by atoms with Gasteiger partial charge in [0, 0.05) is 32.1 Å². The number of nitrogens with zero attached hydrogens (tertiary/aromatic N) is 2. The first-order chi connectivity index (χ1) is 11.6. The van der Waals surface area contributed by atoms with Gasteiger partial charge >= 0.3 is 0 Å². The highest BCUT2D eigenvalue weighted by Crippen LogP contribution is 2.26. The molecule has 1 unspecified atom stereocenters. The highest BCUT2D eigenvalue weighted by Gasteiger charge is 2.25. The molecule has 0 bridgehead atoms. The fourth-order valence-corrected chi connectivity index (χ4v) is 3.45. The number of sulfonamides is 1. The Morgan fingerprint density at radius 3 is 2.64 bits per heavy atom. The van der Waals surface area contributed by atoms with Crippen molar-refractivity contribution in [2.75, 3.05) is 38.5 Å². The number of halogens is 1. The second-order valence-corrected chi connectivity index (χ2v) is 7.97. The zero-order valence-electron chi connectivity index (χ0n) is 14.9. The molecule has 0 aromatic heterocycles. The lowest BCUT2D eigenvalue weighted by atomic mass is 9.99. The van der Waals surface area contributed by atoms with Crippen molar-refractivity contribution in [3.8, 4) is 0 Å². The third-order valence-corrected chi connectivity index (χ3v) is 5.57. The second kappa shape index (κ2) is 11.0. The molecule has 1 atom stereocenters. The average molecular weight is 480 g/mol. The van der Waals surface area contributed by atoms with Crippen LogP contribution in [-0.4, -0.2) is 57.8 Å². The van der Waals surface area contributed by atoms with Gasteiger partial charge in [0.2, 0.25) is 10.0 Å². The Morgan fingerprint density at radius 2 is 2.00 bits per heavy atom. The predicted molar refractivity (Wildman–Crippen MR) is 114 cm³/mol. The molecular formula is C17H29IN4O2S. The number of benzene rings is 1. The van der Waals surface area contributed by atoms with E-state index in [0.717, 1.165) is 32.0 Å². The number of hydrogen-bond acceptors (Lipinski definition) is 3. The highest BCUT2D eigenvalue weighted by atomic mass is 127. The van der Waals surface area contributed by atoms with Crippen molar-refractivity contribution in [2.24, 2.45) is 4.99 Å². The molecule has 0 saturated carbocycles. The summed E-state index contributed by atoms with van der Waals surface area (Å²) in [4.78, 5) is 6.82. The summed E-state index contributed by atoms with van der Waals surface area (Å²) in [5.74, 6) is 1.49. The molecule has 142 valence electrons. The molecule has 1 aromatic carbocycles. The minimum absolute atomic E-state index is 0. The number of rotatable bonds is 7. The standard InChI is InChI=1S/C17H28N4O2S.HI/c1-3-18-17(19-11-12-20-24(22,23)4-2)21-13-10-16(14-21)15-8-6-5-7-9-15;/h5-9,16,20H,3-4,10-14H2,1-2H3,(H,18,19);1H. The number of aliphatic imine (C=N–C) groups is 1. The van der Waals surface area contributed by atoms with E-state index in [-0.39, 0.29) is 29.7 Å². The minimum atomic E-state index is -3.15. The molecule has 1 fully saturated rings. The van der Waals surface area contributed by atoms with Crippen molar-refractivity contribution in [1.29, 1.82) is 0 Å². The molecular weight excluding hydrogens is 451 g/mol. The first-order valence-corrected chi connectivity index (χ1v) is 10.3. The lowest BCUT2D eigenvalue weighted by Gasteiger charge is -2.21. The van der Waals surface area contributed by atoms with Gasteiger partial charge in [-0.15, -0.1) is 24.0 Å². The largest absolute Gasteiger partial charge is 0.357 e. The van der Waals surface area contributed by atoms with Crippen LogP contribution in [0.4, 0.5) is 0 Å². The van der Waals surface area contributed by atoms with E-state index in [1.54, 1.807) is 6.92 Å². The monoisotopic (exact) mass is 480 g/mol. The normalized spacial score (nSPS) is 18.1. The molecule has 0 spiro atoms. The fourth-order valence-electron chi connectivity index (χ4n) is 2.84. The summed E-state index contributed by atoms with van der Waals surface area (Å²) in [6.45, 7) is 7.15. The molecule has 6 nitrogen and oxygen atoms in total. The van der Waals surface area contributed by atoms with E-state index in [9.17, 15) is 8.42 Å². The third-order valence-electron chi connectivity index (χ3n) is 4.17. The van der Waals surface area contributed by atoms with E-state index in [1.165, 1.54) is 5.56 Å². The number of likely N-dealkylation sites (tertiary alicyclic amines) is 1. The lowest BCUT2D eigenvalue weighted by molar-refractivity contribution is 0.486. The number of nitrogens with one attached hydrogen (secondary N) is 2. The Bertz CT molecular complexity index is 637. The van der Waals surface area contributed by atoms with Crippen LogP contribution in [0.3, 0.4) is 0 Å². The maximum Gasteiger partial charge on any atom is 0.211 e. The Morgan fingerprint density at radius 1 is 1.28 bits per heavy atom. The Balaban J connectivity index is 0.00000312. The van der Waals surface area contributed by atoms with Gasteiger partial charge in [-0.2, -0.15) is 0 Å². The summed E-state index contributed by atoms with van der Waals surface area (Å²) >= 11 is 0. The summed E-state index contributed by atoms with van der Waals surface area (Å²) in [5.41, 5.74) is 1.37. The smallest absolute Gasteiger partial charge is 0.211 e. The topological polar surface area (TPSA) is 73.8 Å². The van der Waals surface area contributed by atoms with E-state index in [0.29, 0.717) is 19.0 Å². The van der Waals surface area contributed by atoms with E-state index >= 15 is 0 Å². The first kappa shape index (κ1) is 22.2. The van der Waals surface area contributed by atoms with Crippen molar-refractivity contribution in [3.63, 3.8) is 0 Å². The summed E-state index contributed by atoms with van der Waals surface area (Å²) in [5, 5.41) is 3.31. The van der Waals surface area contributed by atoms with Crippen LogP contribution in [0.5, 0.6) is 0 Å². The molecule has 1 aromatic rings. The van der Waals surface area contributed by atoms with Crippen LogP contribution in [0.25, 0.3) is 0 Å². The molecule has 0 amide bonds. The van der Waals surface area contributed by atoms with Gasteiger partial charge in [-0.1, -0.05) is 30.3 Å². The van der Waals surface area contributed by atoms with Gasteiger partial charge in [0.15, 0.2) is 5.96 Å². The van der Waals surface area contributed by atoms with Gasteiger partial charge in [-0.3, -0.25) is 4.99 Å². The summed E-state index contributed by atoms with van der Waals surface area (Å²) < 4.78 is 25.4. The zero-order valence-corrected chi connectivity index (χ0v) is 18.1. The van der Waals surface area contributed by atoms with Crippen LogP contribution in [0.2, 0.25) is 0 Å². The lowest BCUT2D eigenvalue weighted by Crippen LogP contribution is -2.40. The quantitative estimate of drug-likeness (QED) is 0.271. The van der Waals surface area contributed by atoms with E-state index in [2.05, 4.69) is 44.2 Å². The van der Waals surface area contributed by atoms with E-state index in [1.807, 2.05) is 13.0 Å². The minimum Gasteiger partial charge on any atom is -0.357 e. The van der Waals surface area contributed by atoms with Gasteiger partial charge < -0.3 is 10.2 Å². The van der Waals surface area contributed by atoms with Crippen molar-refractivity contribution in [3.05, 3.63) is 35.9 Å². The van der Waals surface area contributed by atoms with E-state index < -0.39 is 10.0 Å². The highest BCUT2D eigenvalue weighted by molar-refractivity contribution is 14.0. The van der Waals surface area contributed by atoms with Gasteiger partial charge in [0.25, 0.3) is 0 Å². The van der Waals surface area contributed by atoms with Crippen LogP contribution < -0.4 is 10.0 Å². The van der Waals surface area contributed by atoms with E-state index in [4.69, 9.17) is 0 Å². The van der Waals surface area contributed by atoms with Crippen LogP contribution in [0.15, 0.2) is 35.3 Å². The zero-order chi connectivity index (χ0) is 17.4. The summed E-state index contributed by atoms with van der Waals surface area (Å²) in [6, 6.07) is 10.6. The van der Waals surface area contributed by atoms with Gasteiger partial charge in [0.1, 0.15) is 0 Å². The number of hydrogen-bond donors (Lipinski definition) is 2. The van der Waals surface area contributed by atoms with Gasteiger partial charge in [0.05, 0.1) is 12.3 Å². The molecule has 25 heavy (non-hydrogen) atoms. The summed E-state index contributed by atoms with van der Waals surface area (Å²) in [7, 11) is -3.15. The third kappa shape index (κ3) is 7.10. The van der Waals surface area contributed by atoms with Crippen LogP contribution in [-0.2, 0) is 10.0 Å². The molecule has 1 aliphatic rings. The maximum atomic E-state index is 11.4. The Kier molecular flexibility index (Phi) is 9.73. The van der Waals surface area contributed by atoms with Crippen LogP contribution >= 0.6 is 24.0 Å². The SMILES string of the molecule is CCNC(=NCCNS(=O)(=O)CC)N1CCC(c2ccccc2)C1.I. The van der Waals surface area contributed by atoms with Crippen LogP contribution in [0, 0.1) is 0 Å². The fraction of sp³-hybridized carbons (Fsp3) is 0.588. The molecule has 1 saturated heterocycles. The predicted octanol–water partition coefficient (Wildman–Crippen LogP) is 2.00. The average Bonchev–Trinajstić information content (AvgIpc) is 3.08. The molecule has 1 heterocycles. The first-order valence-electron chi connectivity index (χ1n) is 8.61. The molecule has 0 aliphatic carbocycles. The Hall–Kier alpha value is -0.870. The maximum absolute atomic E-state index is 11.4. The van der Waals surface area contributed by atoms with Crippen molar-refractivity contribution in [2.45, 2.75) is 26.2 Å². The molecule has 8 heteroatoms. The van der Waals surface area contributed by atoms with Gasteiger partial charge in [-0.05, 0) is 25.8 Å². The Labute approximate surface area is 168 Å². The molecule has 2 rings (SSSR count). The molecule has 1 aliphatic heterocycles. The molecule has 2 N–H and O–H groups in total. The summed E-state index contributed by atoms with van der Waals surface area (Å²) in [6.07, 6.45) is 1.11.